The van der Waals surface area contributed by atoms with Crippen LogP contribution in [-0.2, 0) is 21.5 Å². The van der Waals surface area contributed by atoms with Crippen molar-refractivity contribution in [3.63, 3.8) is 0 Å². The molecule has 1 amide bonds. The summed E-state index contributed by atoms with van der Waals surface area (Å²) in [5, 5.41) is 0. The van der Waals surface area contributed by atoms with E-state index in [0.717, 1.165) is 11.1 Å². The molecule has 0 fully saturated rings. The van der Waals surface area contributed by atoms with Gasteiger partial charge in [0, 0.05) is 23.7 Å². The van der Waals surface area contributed by atoms with Gasteiger partial charge < -0.3 is 14.2 Å². The first kappa shape index (κ1) is 18.1. The number of methoxy groups -OCH3 is 2. The van der Waals surface area contributed by atoms with E-state index < -0.39 is 11.5 Å². The van der Waals surface area contributed by atoms with Gasteiger partial charge in [-0.2, -0.15) is 0 Å². The SMILES string of the molecule is CCOC(=O)C12Cc3ccccc3C(=O)N1C=Cc1cc(OC)c(OC)cc12. The molecule has 0 saturated heterocycles. The van der Waals surface area contributed by atoms with Crippen LogP contribution in [0.4, 0.5) is 0 Å². The van der Waals surface area contributed by atoms with E-state index in [4.69, 9.17) is 14.2 Å². The van der Waals surface area contributed by atoms with Crippen molar-refractivity contribution in [2.24, 2.45) is 0 Å². The molecule has 6 heteroatoms. The average molecular weight is 379 g/mol. The van der Waals surface area contributed by atoms with E-state index in [0.29, 0.717) is 29.0 Å². The number of carbonyl (C=O) groups excluding carboxylic acids is 2. The Bertz CT molecular complexity index is 996. The lowest BCUT2D eigenvalue weighted by molar-refractivity contribution is -0.156. The topological polar surface area (TPSA) is 65.1 Å². The van der Waals surface area contributed by atoms with Crippen LogP contribution in [0.15, 0.2) is 42.6 Å². The largest absolute Gasteiger partial charge is 0.493 e. The molecule has 6 nitrogen and oxygen atoms in total. The molecule has 0 N–H and O–H groups in total. The van der Waals surface area contributed by atoms with E-state index in [1.54, 1.807) is 45.6 Å². The highest BCUT2D eigenvalue weighted by molar-refractivity contribution is 6.04. The zero-order valence-corrected chi connectivity index (χ0v) is 16.0. The molecule has 0 aromatic heterocycles. The highest BCUT2D eigenvalue weighted by atomic mass is 16.5. The summed E-state index contributed by atoms with van der Waals surface area (Å²) in [6.45, 7) is 1.97. The number of amides is 1. The average Bonchev–Trinajstić information content (AvgIpc) is 2.72. The zero-order valence-electron chi connectivity index (χ0n) is 16.0. The summed E-state index contributed by atoms with van der Waals surface area (Å²) in [5.41, 5.74) is 1.57. The summed E-state index contributed by atoms with van der Waals surface area (Å²) in [7, 11) is 3.10. The van der Waals surface area contributed by atoms with E-state index in [9.17, 15) is 9.59 Å². The van der Waals surface area contributed by atoms with Gasteiger partial charge in [-0.3, -0.25) is 9.69 Å². The standard InChI is InChI=1S/C22H21NO5/c1-4-28-21(25)22-13-15-7-5-6-8-16(15)20(24)23(22)10-9-14-11-18(26-2)19(27-3)12-17(14)22/h5-12H,4,13H2,1-3H3. The number of hydrogen-bond acceptors (Lipinski definition) is 5. The summed E-state index contributed by atoms with van der Waals surface area (Å²) in [6, 6.07) is 10.9. The first-order chi connectivity index (χ1) is 13.6. The highest BCUT2D eigenvalue weighted by Crippen LogP contribution is 2.47. The maximum atomic E-state index is 13.3. The quantitative estimate of drug-likeness (QED) is 0.764. The molecule has 2 aromatic carbocycles. The molecule has 0 spiro atoms. The molecular weight excluding hydrogens is 358 g/mol. The van der Waals surface area contributed by atoms with Crippen LogP contribution in [0.5, 0.6) is 11.5 Å². The number of carbonyl (C=O) groups is 2. The molecule has 0 aliphatic carbocycles. The van der Waals surface area contributed by atoms with Gasteiger partial charge in [0.25, 0.3) is 5.91 Å². The van der Waals surface area contributed by atoms with Crippen molar-refractivity contribution in [1.82, 2.24) is 4.90 Å². The van der Waals surface area contributed by atoms with Crippen molar-refractivity contribution in [2.75, 3.05) is 20.8 Å². The van der Waals surface area contributed by atoms with Gasteiger partial charge in [0.05, 0.1) is 20.8 Å². The summed E-state index contributed by atoms with van der Waals surface area (Å²) in [4.78, 5) is 28.1. The van der Waals surface area contributed by atoms with Crippen LogP contribution >= 0.6 is 0 Å². The Morgan fingerprint density at radius 3 is 2.57 bits per heavy atom. The fraction of sp³-hybridized carbons (Fsp3) is 0.273. The van der Waals surface area contributed by atoms with E-state index in [-0.39, 0.29) is 12.5 Å². The molecule has 0 saturated carbocycles. The first-order valence-corrected chi connectivity index (χ1v) is 9.10. The predicted molar refractivity (Wildman–Crippen MR) is 103 cm³/mol. The van der Waals surface area contributed by atoms with Crippen molar-refractivity contribution in [2.45, 2.75) is 18.9 Å². The zero-order chi connectivity index (χ0) is 19.9. The van der Waals surface area contributed by atoms with Crippen molar-refractivity contribution in [1.29, 1.82) is 0 Å². The van der Waals surface area contributed by atoms with Crippen molar-refractivity contribution in [3.05, 3.63) is 64.9 Å². The third-order valence-corrected chi connectivity index (χ3v) is 5.34. The Kier molecular flexibility index (Phi) is 4.34. The molecule has 2 aliphatic rings. The monoisotopic (exact) mass is 379 g/mol. The predicted octanol–water partition coefficient (Wildman–Crippen LogP) is 3.15. The Morgan fingerprint density at radius 1 is 1.14 bits per heavy atom. The minimum absolute atomic E-state index is 0.219. The summed E-state index contributed by atoms with van der Waals surface area (Å²) in [6.07, 6.45) is 3.78. The molecule has 4 rings (SSSR count). The van der Waals surface area contributed by atoms with Gasteiger partial charge in [0.15, 0.2) is 17.0 Å². The Hall–Kier alpha value is -3.28. The molecule has 144 valence electrons. The lowest BCUT2D eigenvalue weighted by Gasteiger charge is -2.46. The minimum Gasteiger partial charge on any atom is -0.493 e. The smallest absolute Gasteiger partial charge is 0.337 e. The van der Waals surface area contributed by atoms with E-state index in [2.05, 4.69) is 0 Å². The van der Waals surface area contributed by atoms with Gasteiger partial charge in [0.1, 0.15) is 0 Å². The number of hydrogen-bond donors (Lipinski definition) is 0. The highest BCUT2D eigenvalue weighted by Gasteiger charge is 2.54. The van der Waals surface area contributed by atoms with Crippen LogP contribution in [0, 0.1) is 0 Å². The number of benzene rings is 2. The van der Waals surface area contributed by atoms with Crippen LogP contribution in [-0.4, -0.2) is 37.6 Å². The second-order valence-corrected chi connectivity index (χ2v) is 6.70. The lowest BCUT2D eigenvalue weighted by Crippen LogP contribution is -2.58. The number of rotatable bonds is 4. The summed E-state index contributed by atoms with van der Waals surface area (Å²) < 4.78 is 16.3. The van der Waals surface area contributed by atoms with E-state index in [1.165, 1.54) is 4.90 Å². The van der Waals surface area contributed by atoms with Gasteiger partial charge in [-0.25, -0.2) is 4.79 Å². The van der Waals surface area contributed by atoms with Crippen LogP contribution in [0.1, 0.15) is 34.0 Å². The Balaban J connectivity index is 2.00. The molecule has 0 radical (unpaired) electrons. The maximum Gasteiger partial charge on any atom is 0.337 e. The molecule has 2 aromatic rings. The normalized spacial score (nSPS) is 19.4. The van der Waals surface area contributed by atoms with Crippen molar-refractivity contribution in [3.8, 4) is 11.5 Å². The molecule has 2 heterocycles. The van der Waals surface area contributed by atoms with Crippen LogP contribution in [0.3, 0.4) is 0 Å². The van der Waals surface area contributed by atoms with Gasteiger partial charge >= 0.3 is 5.97 Å². The second kappa shape index (κ2) is 6.71. The number of ether oxygens (including phenoxy) is 3. The van der Waals surface area contributed by atoms with E-state index >= 15 is 0 Å². The molecule has 0 bridgehead atoms. The molecule has 1 atom stereocenters. The first-order valence-electron chi connectivity index (χ1n) is 9.10. The lowest BCUT2D eigenvalue weighted by atomic mass is 9.74. The van der Waals surface area contributed by atoms with Crippen LogP contribution in [0.25, 0.3) is 6.08 Å². The maximum absolute atomic E-state index is 13.3. The third-order valence-electron chi connectivity index (χ3n) is 5.34. The molecule has 1 unspecified atom stereocenters. The van der Waals surface area contributed by atoms with Gasteiger partial charge in [-0.15, -0.1) is 0 Å². The fourth-order valence-corrected chi connectivity index (χ4v) is 4.04. The summed E-state index contributed by atoms with van der Waals surface area (Å²) >= 11 is 0. The number of esters is 1. The number of nitrogens with zero attached hydrogens (tertiary/aromatic N) is 1. The van der Waals surface area contributed by atoms with Crippen molar-refractivity contribution >= 4 is 18.0 Å². The Morgan fingerprint density at radius 2 is 1.86 bits per heavy atom. The van der Waals surface area contributed by atoms with Gasteiger partial charge in [-0.05, 0) is 42.3 Å². The minimum atomic E-state index is -1.29. The third kappa shape index (κ3) is 2.41. The Labute approximate surface area is 163 Å². The fourth-order valence-electron chi connectivity index (χ4n) is 4.04. The molecule has 2 aliphatic heterocycles. The molecular formula is C22H21NO5. The summed E-state index contributed by atoms with van der Waals surface area (Å²) in [5.74, 6) is 0.356. The van der Waals surface area contributed by atoms with Gasteiger partial charge in [0.2, 0.25) is 0 Å². The van der Waals surface area contributed by atoms with E-state index in [1.807, 2.05) is 24.3 Å². The molecule has 28 heavy (non-hydrogen) atoms. The van der Waals surface area contributed by atoms with Crippen LogP contribution in [0.2, 0.25) is 0 Å². The second-order valence-electron chi connectivity index (χ2n) is 6.70. The van der Waals surface area contributed by atoms with Gasteiger partial charge in [-0.1, -0.05) is 18.2 Å². The van der Waals surface area contributed by atoms with Crippen LogP contribution < -0.4 is 9.47 Å². The van der Waals surface area contributed by atoms with Crippen molar-refractivity contribution < 1.29 is 23.8 Å². The number of fused-ring (bicyclic) bond motifs is 4.